The maximum atomic E-state index is 12.4. The van der Waals surface area contributed by atoms with Crippen molar-refractivity contribution in [2.24, 2.45) is 5.41 Å². The number of nitrogens with zero attached hydrogens (tertiary/aromatic N) is 1. The number of carbonyl (C=O) groups is 2. The first-order chi connectivity index (χ1) is 10.8. The van der Waals surface area contributed by atoms with E-state index in [-0.39, 0.29) is 23.8 Å². The molecule has 2 atom stereocenters. The van der Waals surface area contributed by atoms with Crippen molar-refractivity contribution in [3.63, 3.8) is 0 Å². The SMILES string of the molecule is CC(C)(C)CC(=O)N1CCCC1C(=O)NCC(O)c1ccsc1. The van der Waals surface area contributed by atoms with Crippen LogP contribution >= 0.6 is 11.3 Å². The minimum atomic E-state index is -0.703. The molecular weight excluding hydrogens is 312 g/mol. The van der Waals surface area contributed by atoms with Gasteiger partial charge in [-0.2, -0.15) is 11.3 Å². The molecule has 6 heteroatoms. The summed E-state index contributed by atoms with van der Waals surface area (Å²) in [4.78, 5) is 26.5. The lowest BCUT2D eigenvalue weighted by Crippen LogP contribution is -2.47. The monoisotopic (exact) mass is 338 g/mol. The van der Waals surface area contributed by atoms with Crippen molar-refractivity contribution in [3.05, 3.63) is 22.4 Å². The molecule has 0 saturated carbocycles. The van der Waals surface area contributed by atoms with Gasteiger partial charge < -0.3 is 15.3 Å². The van der Waals surface area contributed by atoms with Gasteiger partial charge in [-0.05, 0) is 40.6 Å². The third-order valence-corrected chi connectivity index (χ3v) is 4.66. The first kappa shape index (κ1) is 17.9. The second kappa shape index (κ2) is 7.45. The predicted octanol–water partition coefficient (Wildman–Crippen LogP) is 2.32. The van der Waals surface area contributed by atoms with Gasteiger partial charge in [0.15, 0.2) is 0 Å². The zero-order valence-electron chi connectivity index (χ0n) is 14.0. The summed E-state index contributed by atoms with van der Waals surface area (Å²) in [5.41, 5.74) is 0.720. The number of hydrogen-bond acceptors (Lipinski definition) is 4. The van der Waals surface area contributed by atoms with Gasteiger partial charge in [0, 0.05) is 19.5 Å². The Morgan fingerprint density at radius 2 is 2.22 bits per heavy atom. The molecule has 1 aromatic rings. The van der Waals surface area contributed by atoms with Crippen molar-refractivity contribution < 1.29 is 14.7 Å². The lowest BCUT2D eigenvalue weighted by molar-refractivity contribution is -0.140. The summed E-state index contributed by atoms with van der Waals surface area (Å²) < 4.78 is 0. The van der Waals surface area contributed by atoms with Crippen LogP contribution in [0.15, 0.2) is 16.8 Å². The molecule has 128 valence electrons. The van der Waals surface area contributed by atoms with Crippen molar-refractivity contribution in [3.8, 4) is 0 Å². The maximum absolute atomic E-state index is 12.4. The van der Waals surface area contributed by atoms with E-state index >= 15 is 0 Å². The smallest absolute Gasteiger partial charge is 0.242 e. The van der Waals surface area contributed by atoms with Gasteiger partial charge in [-0.15, -0.1) is 0 Å². The van der Waals surface area contributed by atoms with Crippen LogP contribution in [0.25, 0.3) is 0 Å². The summed E-state index contributed by atoms with van der Waals surface area (Å²) >= 11 is 1.51. The molecule has 0 aromatic carbocycles. The molecule has 2 unspecified atom stereocenters. The normalized spacial score (nSPS) is 19.7. The number of likely N-dealkylation sites (tertiary alicyclic amines) is 1. The summed E-state index contributed by atoms with van der Waals surface area (Å²) in [6.07, 6.45) is 1.27. The van der Waals surface area contributed by atoms with Crippen molar-refractivity contribution in [2.75, 3.05) is 13.1 Å². The van der Waals surface area contributed by atoms with Gasteiger partial charge in [0.1, 0.15) is 6.04 Å². The quantitative estimate of drug-likeness (QED) is 0.866. The number of carbonyl (C=O) groups excluding carboxylic acids is 2. The average molecular weight is 338 g/mol. The number of thiophene rings is 1. The van der Waals surface area contributed by atoms with E-state index in [1.54, 1.807) is 4.90 Å². The third-order valence-electron chi connectivity index (χ3n) is 3.95. The van der Waals surface area contributed by atoms with Crippen LogP contribution in [0, 0.1) is 5.41 Å². The Balaban J connectivity index is 1.89. The van der Waals surface area contributed by atoms with Crippen molar-refractivity contribution in [1.82, 2.24) is 10.2 Å². The molecule has 1 aliphatic rings. The molecule has 0 spiro atoms. The molecule has 1 saturated heterocycles. The van der Waals surface area contributed by atoms with E-state index < -0.39 is 12.1 Å². The van der Waals surface area contributed by atoms with Crippen LogP contribution < -0.4 is 5.32 Å². The molecule has 1 fully saturated rings. The molecule has 1 aromatic heterocycles. The fraction of sp³-hybridized carbons (Fsp3) is 0.647. The Bertz CT molecular complexity index is 537. The molecule has 1 aliphatic heterocycles. The fourth-order valence-electron chi connectivity index (χ4n) is 2.79. The summed E-state index contributed by atoms with van der Waals surface area (Å²) in [6, 6.07) is 1.44. The Morgan fingerprint density at radius 1 is 1.48 bits per heavy atom. The van der Waals surface area contributed by atoms with E-state index in [9.17, 15) is 14.7 Å². The number of nitrogens with one attached hydrogen (secondary N) is 1. The molecule has 0 bridgehead atoms. The Morgan fingerprint density at radius 3 is 2.83 bits per heavy atom. The van der Waals surface area contributed by atoms with Crippen LogP contribution in [0.4, 0.5) is 0 Å². The topological polar surface area (TPSA) is 69.6 Å². The lowest BCUT2D eigenvalue weighted by atomic mass is 9.91. The van der Waals surface area contributed by atoms with E-state index in [0.29, 0.717) is 19.4 Å². The first-order valence-electron chi connectivity index (χ1n) is 8.05. The highest BCUT2D eigenvalue weighted by atomic mass is 32.1. The van der Waals surface area contributed by atoms with Gasteiger partial charge >= 0.3 is 0 Å². The highest BCUT2D eigenvalue weighted by Gasteiger charge is 2.35. The van der Waals surface area contributed by atoms with Crippen molar-refractivity contribution in [1.29, 1.82) is 0 Å². The van der Waals surface area contributed by atoms with Crippen LogP contribution in [0.5, 0.6) is 0 Å². The van der Waals surface area contributed by atoms with Crippen molar-refractivity contribution in [2.45, 2.75) is 52.2 Å². The standard InChI is InChI=1S/C17H26N2O3S/c1-17(2,3)9-15(21)19-7-4-5-13(19)16(22)18-10-14(20)12-6-8-23-11-12/h6,8,11,13-14,20H,4-5,7,9-10H2,1-3H3,(H,18,22). The highest BCUT2D eigenvalue weighted by molar-refractivity contribution is 7.07. The number of aliphatic hydroxyl groups is 1. The van der Waals surface area contributed by atoms with E-state index in [2.05, 4.69) is 5.32 Å². The van der Waals surface area contributed by atoms with Gasteiger partial charge in [0.2, 0.25) is 11.8 Å². The molecular formula is C17H26N2O3S. The van der Waals surface area contributed by atoms with E-state index in [1.165, 1.54) is 11.3 Å². The second-order valence-corrected chi connectivity index (χ2v) is 8.08. The minimum Gasteiger partial charge on any atom is -0.387 e. The largest absolute Gasteiger partial charge is 0.387 e. The second-order valence-electron chi connectivity index (χ2n) is 7.30. The summed E-state index contributed by atoms with van der Waals surface area (Å²) in [6.45, 7) is 6.88. The van der Waals surface area contributed by atoms with Crippen LogP contribution in [-0.2, 0) is 9.59 Å². The van der Waals surface area contributed by atoms with Crippen LogP contribution in [0.2, 0.25) is 0 Å². The molecule has 5 nitrogen and oxygen atoms in total. The predicted molar refractivity (Wildman–Crippen MR) is 91.1 cm³/mol. The number of amides is 2. The fourth-order valence-corrected chi connectivity index (χ4v) is 3.50. The highest BCUT2D eigenvalue weighted by Crippen LogP contribution is 2.25. The third kappa shape index (κ3) is 5.04. The van der Waals surface area contributed by atoms with Crippen LogP contribution in [-0.4, -0.2) is 41.0 Å². The number of rotatable bonds is 5. The Hall–Kier alpha value is -1.40. The lowest BCUT2D eigenvalue weighted by Gasteiger charge is -2.27. The Labute approximate surface area is 141 Å². The zero-order valence-corrected chi connectivity index (χ0v) is 14.9. The molecule has 2 amide bonds. The molecule has 0 radical (unpaired) electrons. The molecule has 2 heterocycles. The van der Waals surface area contributed by atoms with Crippen LogP contribution in [0.1, 0.15) is 51.7 Å². The molecule has 0 aliphatic carbocycles. The molecule has 23 heavy (non-hydrogen) atoms. The number of hydrogen-bond donors (Lipinski definition) is 2. The summed E-state index contributed by atoms with van der Waals surface area (Å²) in [5, 5.41) is 16.6. The summed E-state index contributed by atoms with van der Waals surface area (Å²) in [5.74, 6) is -0.132. The zero-order chi connectivity index (χ0) is 17.0. The molecule has 2 rings (SSSR count). The number of aliphatic hydroxyl groups excluding tert-OH is 1. The van der Waals surface area contributed by atoms with Crippen LogP contribution in [0.3, 0.4) is 0 Å². The average Bonchev–Trinajstić information content (AvgIpc) is 3.12. The van der Waals surface area contributed by atoms with Gasteiger partial charge in [-0.3, -0.25) is 9.59 Å². The van der Waals surface area contributed by atoms with E-state index in [1.807, 2.05) is 37.6 Å². The van der Waals surface area contributed by atoms with Gasteiger partial charge in [0.05, 0.1) is 6.10 Å². The maximum Gasteiger partial charge on any atom is 0.242 e. The van der Waals surface area contributed by atoms with Gasteiger partial charge in [-0.25, -0.2) is 0 Å². The van der Waals surface area contributed by atoms with E-state index in [4.69, 9.17) is 0 Å². The first-order valence-corrected chi connectivity index (χ1v) is 8.99. The minimum absolute atomic E-state index is 0.0357. The van der Waals surface area contributed by atoms with Crippen molar-refractivity contribution >= 4 is 23.2 Å². The van der Waals surface area contributed by atoms with Gasteiger partial charge in [0.25, 0.3) is 0 Å². The van der Waals surface area contributed by atoms with E-state index in [0.717, 1.165) is 12.0 Å². The molecule has 2 N–H and O–H groups in total. The summed E-state index contributed by atoms with van der Waals surface area (Å²) in [7, 11) is 0. The Kier molecular flexibility index (Phi) is 5.81. The van der Waals surface area contributed by atoms with Gasteiger partial charge in [-0.1, -0.05) is 20.8 Å².